The number of fused-ring (bicyclic) bond motifs is 1. The van der Waals surface area contributed by atoms with Gasteiger partial charge in [0.05, 0.1) is 24.3 Å². The highest BCUT2D eigenvalue weighted by Gasteiger charge is 2.14. The average molecular weight is 526 g/mol. The first-order chi connectivity index (χ1) is 17.1. The van der Waals surface area contributed by atoms with Crippen LogP contribution in [0.1, 0.15) is 28.2 Å². The van der Waals surface area contributed by atoms with Gasteiger partial charge < -0.3 is 4.57 Å². The van der Waals surface area contributed by atoms with E-state index in [1.807, 2.05) is 12.4 Å². The molecule has 0 atom stereocenters. The number of rotatable bonds is 9. The fourth-order valence-electron chi connectivity index (χ4n) is 4.20. The molecule has 0 aliphatic heterocycles. The number of halogens is 1. The third kappa shape index (κ3) is 6.21. The topological polar surface area (TPSA) is 46.8 Å². The summed E-state index contributed by atoms with van der Waals surface area (Å²) in [5.74, 6) is 0.956. The second-order valence-corrected chi connectivity index (χ2v) is 9.86. The molecule has 2 heterocycles. The van der Waals surface area contributed by atoms with Crippen molar-refractivity contribution in [3.05, 3.63) is 124 Å². The molecule has 0 saturated carbocycles. The number of aromatic nitrogens is 4. The molecule has 0 amide bonds. The van der Waals surface area contributed by atoms with Gasteiger partial charge in [0, 0.05) is 22.9 Å². The van der Waals surface area contributed by atoms with Gasteiger partial charge in [-0.15, -0.1) is 10.2 Å². The third-order valence-electron chi connectivity index (χ3n) is 6.21. The van der Waals surface area contributed by atoms with Crippen LogP contribution in [0.15, 0.2) is 95.7 Å². The summed E-state index contributed by atoms with van der Waals surface area (Å²) < 4.78 is 3.21. The van der Waals surface area contributed by atoms with Crippen molar-refractivity contribution >= 4 is 26.8 Å². The number of benzene rings is 3. The van der Waals surface area contributed by atoms with Crippen LogP contribution in [0.3, 0.4) is 0 Å². The number of aryl methyl sites for hydroxylation is 1. The van der Waals surface area contributed by atoms with Crippen LogP contribution in [0.25, 0.3) is 10.9 Å². The highest BCUT2D eigenvalue weighted by molar-refractivity contribution is 9.10. The molecule has 0 aliphatic carbocycles. The molecule has 5 aromatic rings. The van der Waals surface area contributed by atoms with Crippen molar-refractivity contribution in [2.75, 3.05) is 6.54 Å². The molecule has 6 heteroatoms. The van der Waals surface area contributed by atoms with E-state index in [1.165, 1.54) is 16.7 Å². The zero-order valence-electron chi connectivity index (χ0n) is 19.8. The van der Waals surface area contributed by atoms with Crippen molar-refractivity contribution in [2.24, 2.45) is 0 Å². The molecule has 0 radical (unpaired) electrons. The molecule has 0 bridgehead atoms. The monoisotopic (exact) mass is 525 g/mol. The molecular formula is C29H28BrN5. The van der Waals surface area contributed by atoms with E-state index in [2.05, 4.69) is 121 Å². The first kappa shape index (κ1) is 23.4. The number of hydrogen-bond donors (Lipinski definition) is 0. The molecule has 0 aliphatic rings. The summed E-state index contributed by atoms with van der Waals surface area (Å²) in [5.41, 5.74) is 5.93. The molecule has 3 aromatic carbocycles. The van der Waals surface area contributed by atoms with Crippen molar-refractivity contribution in [1.82, 2.24) is 24.6 Å². The summed E-state index contributed by atoms with van der Waals surface area (Å²) in [6.07, 6.45) is 2.79. The van der Waals surface area contributed by atoms with Gasteiger partial charge in [-0.2, -0.15) is 0 Å². The number of hydrogen-bond acceptors (Lipinski definition) is 4. The molecule has 0 unspecified atom stereocenters. The Balaban J connectivity index is 1.35. The van der Waals surface area contributed by atoms with Gasteiger partial charge in [0.2, 0.25) is 0 Å². The van der Waals surface area contributed by atoms with Gasteiger partial charge >= 0.3 is 0 Å². The molecule has 5 rings (SSSR count). The Bertz CT molecular complexity index is 1390. The maximum absolute atomic E-state index is 4.92. The summed E-state index contributed by atoms with van der Waals surface area (Å²) in [5, 5.41) is 9.86. The Kier molecular flexibility index (Phi) is 7.31. The maximum Gasteiger partial charge on any atom is 0.147 e. The Morgan fingerprint density at radius 1 is 0.829 bits per heavy atom. The highest BCUT2D eigenvalue weighted by Crippen LogP contribution is 2.16. The lowest BCUT2D eigenvalue weighted by atomic mass is 10.1. The van der Waals surface area contributed by atoms with Crippen LogP contribution in [0, 0.1) is 6.92 Å². The minimum Gasteiger partial charge on any atom is -0.312 e. The lowest BCUT2D eigenvalue weighted by Crippen LogP contribution is -2.27. The van der Waals surface area contributed by atoms with E-state index in [0.29, 0.717) is 6.54 Å². The number of pyridine rings is 1. The van der Waals surface area contributed by atoms with Crippen LogP contribution in [0.5, 0.6) is 0 Å². The number of nitrogens with zero attached hydrogens (tertiary/aromatic N) is 5. The van der Waals surface area contributed by atoms with Crippen LogP contribution >= 0.6 is 15.9 Å². The molecule has 0 N–H and O–H groups in total. The normalized spacial score (nSPS) is 11.4. The van der Waals surface area contributed by atoms with Crippen LogP contribution < -0.4 is 0 Å². The lowest BCUT2D eigenvalue weighted by molar-refractivity contribution is 0.247. The van der Waals surface area contributed by atoms with Crippen molar-refractivity contribution in [3.8, 4) is 0 Å². The second kappa shape index (κ2) is 10.9. The van der Waals surface area contributed by atoms with Crippen LogP contribution in [0.2, 0.25) is 0 Å². The summed E-state index contributed by atoms with van der Waals surface area (Å²) in [6, 6.07) is 29.8. The van der Waals surface area contributed by atoms with Gasteiger partial charge in [0.15, 0.2) is 0 Å². The quantitative estimate of drug-likeness (QED) is 0.230. The zero-order valence-corrected chi connectivity index (χ0v) is 21.4. The minimum atomic E-state index is 0.705. The molecule has 35 heavy (non-hydrogen) atoms. The summed E-state index contributed by atoms with van der Waals surface area (Å²) >= 11 is 3.51. The van der Waals surface area contributed by atoms with E-state index in [-0.39, 0.29) is 0 Å². The van der Waals surface area contributed by atoms with Crippen LogP contribution in [-0.4, -0.2) is 31.2 Å². The predicted octanol–water partition coefficient (Wildman–Crippen LogP) is 6.19. The van der Waals surface area contributed by atoms with Crippen molar-refractivity contribution < 1.29 is 0 Å². The fraction of sp³-hybridized carbons (Fsp3) is 0.207. The Hall–Kier alpha value is -3.35. The Labute approximate surface area is 214 Å². The molecule has 0 saturated heterocycles. The van der Waals surface area contributed by atoms with Gasteiger partial charge in [-0.1, -0.05) is 82.2 Å². The largest absolute Gasteiger partial charge is 0.312 e. The number of para-hydroxylation sites is 1. The van der Waals surface area contributed by atoms with Gasteiger partial charge in [-0.05, 0) is 48.7 Å². The van der Waals surface area contributed by atoms with Crippen molar-refractivity contribution in [2.45, 2.75) is 33.0 Å². The molecule has 2 aromatic heterocycles. The zero-order chi connectivity index (χ0) is 24.0. The molecule has 5 nitrogen and oxygen atoms in total. The standard InChI is InChI=1S/C29H28BrN5/c1-22-6-8-23(9-7-22)16-17-34(19-27-15-12-25-4-2-3-5-28(25)32-27)20-29-33-31-21-35(29)18-24-10-13-26(30)14-11-24/h2-15,21H,16-20H2,1H3. The SMILES string of the molecule is Cc1ccc(CCN(Cc2ccc3ccccc3n2)Cc2nncn2Cc2ccc(Br)cc2)cc1. The average Bonchev–Trinajstić information content (AvgIpc) is 3.31. The van der Waals surface area contributed by atoms with Crippen molar-refractivity contribution in [1.29, 1.82) is 0 Å². The van der Waals surface area contributed by atoms with E-state index in [4.69, 9.17) is 4.98 Å². The van der Waals surface area contributed by atoms with E-state index in [1.54, 1.807) is 0 Å². The first-order valence-electron chi connectivity index (χ1n) is 11.9. The summed E-state index contributed by atoms with van der Waals surface area (Å²) in [4.78, 5) is 7.34. The molecule has 176 valence electrons. The first-order valence-corrected chi connectivity index (χ1v) is 12.7. The summed E-state index contributed by atoms with van der Waals surface area (Å²) in [6.45, 7) is 5.23. The van der Waals surface area contributed by atoms with Gasteiger partial charge in [-0.3, -0.25) is 9.88 Å². The molecular weight excluding hydrogens is 498 g/mol. The van der Waals surface area contributed by atoms with Crippen LogP contribution in [-0.2, 0) is 26.1 Å². The second-order valence-electron chi connectivity index (χ2n) is 8.94. The molecule has 0 spiro atoms. The van der Waals surface area contributed by atoms with E-state index < -0.39 is 0 Å². The van der Waals surface area contributed by atoms with Gasteiger partial charge in [-0.25, -0.2) is 0 Å². The van der Waals surface area contributed by atoms with E-state index in [0.717, 1.165) is 52.9 Å². The maximum atomic E-state index is 4.92. The predicted molar refractivity (Wildman–Crippen MR) is 144 cm³/mol. The Morgan fingerprint density at radius 2 is 1.60 bits per heavy atom. The lowest BCUT2D eigenvalue weighted by Gasteiger charge is -2.22. The highest BCUT2D eigenvalue weighted by atomic mass is 79.9. The minimum absolute atomic E-state index is 0.705. The van der Waals surface area contributed by atoms with Crippen LogP contribution in [0.4, 0.5) is 0 Å². The van der Waals surface area contributed by atoms with E-state index in [9.17, 15) is 0 Å². The molecule has 0 fully saturated rings. The van der Waals surface area contributed by atoms with Gasteiger partial charge in [0.25, 0.3) is 0 Å². The smallest absolute Gasteiger partial charge is 0.147 e. The fourth-order valence-corrected chi connectivity index (χ4v) is 4.47. The van der Waals surface area contributed by atoms with Gasteiger partial charge in [0.1, 0.15) is 12.2 Å². The third-order valence-corrected chi connectivity index (χ3v) is 6.73. The van der Waals surface area contributed by atoms with E-state index >= 15 is 0 Å². The summed E-state index contributed by atoms with van der Waals surface area (Å²) in [7, 11) is 0. The Morgan fingerprint density at radius 3 is 2.43 bits per heavy atom. The van der Waals surface area contributed by atoms with Crippen molar-refractivity contribution in [3.63, 3.8) is 0 Å².